The van der Waals surface area contributed by atoms with Crippen LogP contribution in [-0.2, 0) is 6.42 Å². The molecule has 0 fully saturated rings. The summed E-state index contributed by atoms with van der Waals surface area (Å²) in [5.41, 5.74) is 1.80. The quantitative estimate of drug-likeness (QED) is 0.855. The van der Waals surface area contributed by atoms with Gasteiger partial charge in [-0.2, -0.15) is 0 Å². The molecule has 2 rings (SSSR count). The molecule has 0 spiro atoms. The molecular weight excluding hydrogens is 305 g/mol. The average Bonchev–Trinajstić information content (AvgIpc) is 2.27. The number of rotatable bonds is 2. The third-order valence-electron chi connectivity index (χ3n) is 2.54. The molecule has 0 saturated carbocycles. The number of aromatic nitrogens is 1. The van der Waals surface area contributed by atoms with Gasteiger partial charge in [-0.05, 0) is 30.2 Å². The zero-order valence-corrected chi connectivity index (χ0v) is 11.3. The molecular formula is C12H9BrClNO2. The van der Waals surface area contributed by atoms with E-state index in [1.165, 1.54) is 6.07 Å². The number of hydrogen-bond donors (Lipinski definition) is 1. The van der Waals surface area contributed by atoms with E-state index in [1.807, 2.05) is 13.0 Å². The van der Waals surface area contributed by atoms with Crippen LogP contribution in [-0.4, -0.2) is 16.1 Å². The van der Waals surface area contributed by atoms with Crippen molar-refractivity contribution in [3.05, 3.63) is 39.0 Å². The lowest BCUT2D eigenvalue weighted by atomic mass is 10.0. The molecule has 88 valence electrons. The Morgan fingerprint density at radius 1 is 1.47 bits per heavy atom. The number of hydrogen-bond acceptors (Lipinski definition) is 2. The van der Waals surface area contributed by atoms with Crippen LogP contribution in [0.2, 0.25) is 5.15 Å². The smallest absolute Gasteiger partial charge is 0.336 e. The lowest BCUT2D eigenvalue weighted by molar-refractivity contribution is 0.0699. The van der Waals surface area contributed by atoms with E-state index in [0.717, 1.165) is 16.5 Å². The third-order valence-corrected chi connectivity index (χ3v) is 3.19. The number of halogens is 2. The average molecular weight is 315 g/mol. The predicted octanol–water partition coefficient (Wildman–Crippen LogP) is 3.91. The van der Waals surface area contributed by atoms with Crippen molar-refractivity contribution < 1.29 is 9.90 Å². The third kappa shape index (κ3) is 2.28. The number of carboxylic acid groups (broad SMARTS) is 1. The van der Waals surface area contributed by atoms with Crippen LogP contribution >= 0.6 is 27.5 Å². The van der Waals surface area contributed by atoms with Gasteiger partial charge in [0.25, 0.3) is 0 Å². The van der Waals surface area contributed by atoms with E-state index in [2.05, 4.69) is 20.9 Å². The van der Waals surface area contributed by atoms with Gasteiger partial charge in [-0.3, -0.25) is 0 Å². The van der Waals surface area contributed by atoms with Crippen molar-refractivity contribution in [2.45, 2.75) is 13.3 Å². The van der Waals surface area contributed by atoms with Gasteiger partial charge in [-0.15, -0.1) is 0 Å². The number of carboxylic acids is 1. The Morgan fingerprint density at radius 2 is 2.18 bits per heavy atom. The van der Waals surface area contributed by atoms with Gasteiger partial charge >= 0.3 is 5.97 Å². The minimum absolute atomic E-state index is 0.177. The van der Waals surface area contributed by atoms with Crippen LogP contribution in [0.5, 0.6) is 0 Å². The minimum atomic E-state index is -1.00. The van der Waals surface area contributed by atoms with E-state index in [0.29, 0.717) is 10.9 Å². The highest BCUT2D eigenvalue weighted by Gasteiger charge is 2.14. The summed E-state index contributed by atoms with van der Waals surface area (Å²) in [5.74, 6) is -1.00. The maximum Gasteiger partial charge on any atom is 0.336 e. The summed E-state index contributed by atoms with van der Waals surface area (Å²) in [5, 5.41) is 9.97. The van der Waals surface area contributed by atoms with Crippen LogP contribution in [0.15, 0.2) is 22.7 Å². The molecule has 1 aromatic heterocycles. The zero-order chi connectivity index (χ0) is 12.6. The highest BCUT2D eigenvalue weighted by Crippen LogP contribution is 2.28. The molecule has 0 aliphatic heterocycles. The van der Waals surface area contributed by atoms with Crippen molar-refractivity contribution in [2.24, 2.45) is 0 Å². The SMILES string of the molecule is CCc1cc(Br)cc2c(C(=O)O)cc(Cl)nc12. The van der Waals surface area contributed by atoms with Gasteiger partial charge in [0, 0.05) is 9.86 Å². The fourth-order valence-corrected chi connectivity index (χ4v) is 2.47. The molecule has 0 unspecified atom stereocenters. The van der Waals surface area contributed by atoms with E-state index < -0.39 is 5.97 Å². The molecule has 5 heteroatoms. The number of aromatic carboxylic acids is 1. The summed E-state index contributed by atoms with van der Waals surface area (Å²) >= 11 is 9.22. The van der Waals surface area contributed by atoms with Crippen molar-refractivity contribution in [3.63, 3.8) is 0 Å². The molecule has 0 amide bonds. The molecule has 1 aromatic carbocycles. The Morgan fingerprint density at radius 3 is 2.76 bits per heavy atom. The summed E-state index contributed by atoms with van der Waals surface area (Å²) in [7, 11) is 0. The van der Waals surface area contributed by atoms with Crippen molar-refractivity contribution in [3.8, 4) is 0 Å². The van der Waals surface area contributed by atoms with Gasteiger partial charge in [-0.25, -0.2) is 9.78 Å². The molecule has 2 aromatic rings. The first-order valence-corrected chi connectivity index (χ1v) is 6.22. The second-order valence-corrected chi connectivity index (χ2v) is 4.92. The predicted molar refractivity (Wildman–Crippen MR) is 70.8 cm³/mol. The van der Waals surface area contributed by atoms with Crippen LogP contribution in [0.3, 0.4) is 0 Å². The van der Waals surface area contributed by atoms with Gasteiger partial charge in [0.1, 0.15) is 5.15 Å². The van der Waals surface area contributed by atoms with Crippen LogP contribution < -0.4 is 0 Å². The summed E-state index contributed by atoms with van der Waals surface area (Å²) in [4.78, 5) is 15.4. The summed E-state index contributed by atoms with van der Waals surface area (Å²) in [6, 6.07) is 5.05. The summed E-state index contributed by atoms with van der Waals surface area (Å²) in [6.45, 7) is 1.99. The molecule has 0 aliphatic rings. The molecule has 17 heavy (non-hydrogen) atoms. The fraction of sp³-hybridized carbons (Fsp3) is 0.167. The summed E-state index contributed by atoms with van der Waals surface area (Å²) in [6.07, 6.45) is 0.766. The normalized spacial score (nSPS) is 10.8. The molecule has 0 bridgehead atoms. The molecule has 1 heterocycles. The Labute approximate surface area is 112 Å². The Bertz CT molecular complexity index is 613. The number of nitrogens with zero attached hydrogens (tertiary/aromatic N) is 1. The van der Waals surface area contributed by atoms with Crippen molar-refractivity contribution in [2.75, 3.05) is 0 Å². The molecule has 0 atom stereocenters. The van der Waals surface area contributed by atoms with Crippen LogP contribution in [0.4, 0.5) is 0 Å². The van der Waals surface area contributed by atoms with Crippen LogP contribution in [0, 0.1) is 0 Å². The second kappa shape index (κ2) is 4.63. The molecule has 1 N–H and O–H groups in total. The van der Waals surface area contributed by atoms with E-state index >= 15 is 0 Å². The molecule has 0 aliphatic carbocycles. The Hall–Kier alpha value is -1.13. The maximum atomic E-state index is 11.2. The van der Waals surface area contributed by atoms with Gasteiger partial charge in [-0.1, -0.05) is 34.5 Å². The molecule has 0 radical (unpaired) electrons. The highest BCUT2D eigenvalue weighted by atomic mass is 79.9. The number of aryl methyl sites for hydroxylation is 1. The maximum absolute atomic E-state index is 11.2. The van der Waals surface area contributed by atoms with Crippen molar-refractivity contribution in [1.29, 1.82) is 0 Å². The highest BCUT2D eigenvalue weighted by molar-refractivity contribution is 9.10. The van der Waals surface area contributed by atoms with Crippen LogP contribution in [0.25, 0.3) is 10.9 Å². The van der Waals surface area contributed by atoms with E-state index in [9.17, 15) is 4.79 Å². The molecule has 3 nitrogen and oxygen atoms in total. The van der Waals surface area contributed by atoms with E-state index in [1.54, 1.807) is 6.07 Å². The number of carbonyl (C=O) groups is 1. The van der Waals surface area contributed by atoms with Crippen LogP contribution in [0.1, 0.15) is 22.8 Å². The zero-order valence-electron chi connectivity index (χ0n) is 9.00. The van der Waals surface area contributed by atoms with Crippen molar-refractivity contribution in [1.82, 2.24) is 4.98 Å². The fourth-order valence-electron chi connectivity index (χ4n) is 1.78. The van der Waals surface area contributed by atoms with Crippen molar-refractivity contribution >= 4 is 44.4 Å². The van der Waals surface area contributed by atoms with Gasteiger partial charge in [0.15, 0.2) is 0 Å². The first-order valence-electron chi connectivity index (χ1n) is 5.05. The largest absolute Gasteiger partial charge is 0.478 e. The monoisotopic (exact) mass is 313 g/mol. The van der Waals surface area contributed by atoms with Gasteiger partial charge in [0.2, 0.25) is 0 Å². The second-order valence-electron chi connectivity index (χ2n) is 3.61. The van der Waals surface area contributed by atoms with E-state index in [-0.39, 0.29) is 10.7 Å². The number of pyridine rings is 1. The molecule has 0 saturated heterocycles. The lowest BCUT2D eigenvalue weighted by Crippen LogP contribution is -2.00. The topological polar surface area (TPSA) is 50.2 Å². The standard InChI is InChI=1S/C12H9BrClNO2/c1-2-6-3-7(13)4-8-9(12(16)17)5-10(14)15-11(6)8/h3-5H,2H2,1H3,(H,16,17). The van der Waals surface area contributed by atoms with Gasteiger partial charge in [0.05, 0.1) is 11.1 Å². The Kier molecular flexibility index (Phi) is 3.35. The lowest BCUT2D eigenvalue weighted by Gasteiger charge is -2.08. The number of benzene rings is 1. The van der Waals surface area contributed by atoms with Gasteiger partial charge < -0.3 is 5.11 Å². The minimum Gasteiger partial charge on any atom is -0.478 e. The van der Waals surface area contributed by atoms with E-state index in [4.69, 9.17) is 16.7 Å². The number of fused-ring (bicyclic) bond motifs is 1. The first-order chi connectivity index (χ1) is 8.02. The summed E-state index contributed by atoms with van der Waals surface area (Å²) < 4.78 is 0.841. The first kappa shape index (κ1) is 12.3. The Balaban J connectivity index is 2.93.